The van der Waals surface area contributed by atoms with E-state index in [0.717, 1.165) is 0 Å². The van der Waals surface area contributed by atoms with Crippen LogP contribution in [-0.4, -0.2) is 47.8 Å². The Hall–Kier alpha value is -0.430. The molecule has 0 rings (SSSR count). The number of rotatable bonds is 7. The minimum Gasteiger partial charge on any atom is -0.395 e. The number of hydrogen-bond acceptors (Lipinski definition) is 2. The van der Waals surface area contributed by atoms with Crippen molar-refractivity contribution in [3.63, 3.8) is 0 Å². The van der Waals surface area contributed by atoms with Gasteiger partial charge in [0.2, 0.25) is 6.36 Å². The lowest BCUT2D eigenvalue weighted by molar-refractivity contribution is -0.437. The Kier molecular flexibility index (Phi) is 6.00. The van der Waals surface area contributed by atoms with Gasteiger partial charge < -0.3 is 5.11 Å². The van der Waals surface area contributed by atoms with Crippen molar-refractivity contribution in [1.82, 2.24) is 0 Å². The topological polar surface area (TPSA) is 29.5 Å². The summed E-state index contributed by atoms with van der Waals surface area (Å²) in [5, 5.41) is 8.14. The molecular formula is C7H8F10O2S. The van der Waals surface area contributed by atoms with Crippen molar-refractivity contribution in [2.24, 2.45) is 0 Å². The standard InChI is InChI=1S/C7H8F10O2S/c8-4(3-20(16,17)2-1-18)19-7(14,15)5(9,10)6(11,12)13/h4,18H,1-3H2. The highest BCUT2D eigenvalue weighted by Crippen LogP contribution is 2.53. The van der Waals surface area contributed by atoms with Crippen LogP contribution in [0.3, 0.4) is 0 Å². The van der Waals surface area contributed by atoms with Crippen LogP contribution in [0.1, 0.15) is 0 Å². The van der Waals surface area contributed by atoms with Gasteiger partial charge in [0.1, 0.15) is 0 Å². The molecule has 1 unspecified atom stereocenters. The summed E-state index contributed by atoms with van der Waals surface area (Å²) < 4.78 is 125. The lowest BCUT2D eigenvalue weighted by Crippen LogP contribution is -2.54. The fourth-order valence-corrected chi connectivity index (χ4v) is 1.73. The fourth-order valence-electron chi connectivity index (χ4n) is 0.842. The van der Waals surface area contributed by atoms with Gasteiger partial charge in [-0.3, -0.25) is 4.74 Å². The highest BCUT2D eigenvalue weighted by Gasteiger charge is 2.75. The fraction of sp³-hybridized carbons (Fsp3) is 1.00. The first kappa shape index (κ1) is 19.6. The van der Waals surface area contributed by atoms with Crippen molar-refractivity contribution in [3.8, 4) is 0 Å². The maximum absolute atomic E-state index is 12.7. The smallest absolute Gasteiger partial charge is 0.395 e. The van der Waals surface area contributed by atoms with Gasteiger partial charge in [-0.25, -0.2) is 4.39 Å². The van der Waals surface area contributed by atoms with Gasteiger partial charge in [-0.1, -0.05) is 0 Å². The minimum atomic E-state index is -6.75. The Morgan fingerprint density at radius 2 is 1.45 bits per heavy atom. The van der Waals surface area contributed by atoms with E-state index >= 15 is 0 Å². The minimum absolute atomic E-state index is 1.15. The molecule has 0 aromatic heterocycles. The quantitative estimate of drug-likeness (QED) is 0.713. The molecule has 0 aliphatic rings. The summed E-state index contributed by atoms with van der Waals surface area (Å²) in [4.78, 5) is 0. The third kappa shape index (κ3) is 4.84. The lowest BCUT2D eigenvalue weighted by atomic mass is 10.3. The van der Waals surface area contributed by atoms with Crippen molar-refractivity contribution < 1.29 is 52.7 Å². The van der Waals surface area contributed by atoms with Crippen LogP contribution in [-0.2, 0) is 4.74 Å². The highest BCUT2D eigenvalue weighted by atomic mass is 32.3. The first-order chi connectivity index (χ1) is 8.66. The molecule has 0 heterocycles. The van der Waals surface area contributed by atoms with Crippen LogP contribution in [0, 0.1) is 0 Å². The number of hydrogen-bond donors (Lipinski definition) is 1. The third-order valence-electron chi connectivity index (χ3n) is 1.76. The van der Waals surface area contributed by atoms with Crippen LogP contribution in [0.5, 0.6) is 0 Å². The number of aliphatic hydroxyl groups excluding tert-OH is 1. The summed E-state index contributed by atoms with van der Waals surface area (Å²) in [7, 11) is -4.99. The number of aliphatic hydroxyl groups is 1. The van der Waals surface area contributed by atoms with E-state index in [-0.39, 0.29) is 0 Å². The van der Waals surface area contributed by atoms with Crippen molar-refractivity contribution in [2.75, 3.05) is 18.1 Å². The normalized spacial score (nSPS) is 17.1. The van der Waals surface area contributed by atoms with Crippen LogP contribution in [0.2, 0.25) is 0 Å². The van der Waals surface area contributed by atoms with Gasteiger partial charge in [0.15, 0.2) is 0 Å². The largest absolute Gasteiger partial charge is 0.462 e. The van der Waals surface area contributed by atoms with Gasteiger partial charge in [0.25, 0.3) is 0 Å². The first-order valence-electron chi connectivity index (χ1n) is 4.59. The van der Waals surface area contributed by atoms with E-state index in [1.807, 2.05) is 0 Å². The molecular weight excluding hydrogens is 338 g/mol. The monoisotopic (exact) mass is 346 g/mol. The summed E-state index contributed by atoms with van der Waals surface area (Å²) in [6.45, 7) is -1.15. The van der Waals surface area contributed by atoms with Crippen LogP contribution < -0.4 is 0 Å². The van der Waals surface area contributed by atoms with Crippen LogP contribution in [0.25, 0.3) is 0 Å². The van der Waals surface area contributed by atoms with Gasteiger partial charge >= 0.3 is 18.2 Å². The van der Waals surface area contributed by atoms with Gasteiger partial charge in [-0.15, -0.1) is 0 Å². The Morgan fingerprint density at radius 3 is 1.80 bits per heavy atom. The third-order valence-corrected chi connectivity index (χ3v) is 3.29. The molecule has 0 fully saturated rings. The van der Waals surface area contributed by atoms with E-state index < -0.39 is 53.5 Å². The van der Waals surface area contributed by atoms with E-state index in [0.29, 0.717) is 0 Å². The van der Waals surface area contributed by atoms with Gasteiger partial charge in [-0.05, 0) is 0 Å². The molecule has 0 amide bonds. The maximum Gasteiger partial charge on any atom is 0.462 e. The van der Waals surface area contributed by atoms with E-state index in [1.165, 1.54) is 0 Å². The molecule has 2 nitrogen and oxygen atoms in total. The maximum atomic E-state index is 12.7. The lowest BCUT2D eigenvalue weighted by Gasteiger charge is -2.30. The Morgan fingerprint density at radius 1 is 1.00 bits per heavy atom. The number of ether oxygens (including phenoxy) is 1. The summed E-state index contributed by atoms with van der Waals surface area (Å²) in [6, 6.07) is 0. The average molecular weight is 346 g/mol. The van der Waals surface area contributed by atoms with Crippen molar-refractivity contribution >= 4 is 10.8 Å². The van der Waals surface area contributed by atoms with E-state index in [4.69, 9.17) is 5.11 Å². The van der Waals surface area contributed by atoms with Crippen LogP contribution >= 0.6 is 10.8 Å². The summed E-state index contributed by atoms with van der Waals surface area (Å²) in [5.41, 5.74) is 0. The Bertz CT molecular complexity index is 317. The average Bonchev–Trinajstić information content (AvgIpc) is 2.12. The molecule has 1 atom stereocenters. The number of alkyl halides is 8. The Balaban J connectivity index is 4.85. The number of halogens is 10. The second kappa shape index (κ2) is 6.13. The molecule has 0 aromatic rings. The van der Waals surface area contributed by atoms with Gasteiger partial charge in [0, 0.05) is 0 Å². The first-order valence-corrected chi connectivity index (χ1v) is 6.36. The molecule has 0 saturated carbocycles. The van der Waals surface area contributed by atoms with Gasteiger partial charge in [-0.2, -0.15) is 38.5 Å². The zero-order valence-electron chi connectivity index (χ0n) is 9.24. The molecule has 0 aliphatic carbocycles. The van der Waals surface area contributed by atoms with E-state index in [1.54, 1.807) is 0 Å². The molecule has 0 radical (unpaired) electrons. The summed E-state index contributed by atoms with van der Waals surface area (Å²) in [6.07, 6.45) is -16.9. The van der Waals surface area contributed by atoms with Gasteiger partial charge in [0.05, 0.1) is 28.9 Å². The molecule has 20 heavy (non-hydrogen) atoms. The molecule has 1 N–H and O–H groups in total. The molecule has 0 aliphatic heterocycles. The van der Waals surface area contributed by atoms with Crippen molar-refractivity contribution in [1.29, 1.82) is 0 Å². The van der Waals surface area contributed by atoms with Crippen molar-refractivity contribution in [3.05, 3.63) is 0 Å². The zero-order valence-corrected chi connectivity index (χ0v) is 10.1. The van der Waals surface area contributed by atoms with Crippen molar-refractivity contribution in [2.45, 2.75) is 24.6 Å². The molecule has 0 spiro atoms. The Labute approximate surface area is 107 Å². The molecule has 124 valence electrons. The summed E-state index contributed by atoms with van der Waals surface area (Å²) in [5.74, 6) is -10.2. The SMILES string of the molecule is OCCS(F)(F)CC(F)OC(F)(F)C(F)(F)C(F)(F)F. The molecule has 0 aromatic carbocycles. The summed E-state index contributed by atoms with van der Waals surface area (Å²) >= 11 is 0. The van der Waals surface area contributed by atoms with E-state index in [9.17, 15) is 42.9 Å². The van der Waals surface area contributed by atoms with Crippen LogP contribution in [0.15, 0.2) is 0 Å². The van der Waals surface area contributed by atoms with E-state index in [2.05, 4.69) is 4.74 Å². The molecule has 0 bridgehead atoms. The predicted molar refractivity (Wildman–Crippen MR) is 48.6 cm³/mol. The molecule has 0 saturated heterocycles. The van der Waals surface area contributed by atoms with Crippen LogP contribution in [0.4, 0.5) is 42.9 Å². The molecule has 13 heteroatoms. The second-order valence-electron chi connectivity index (χ2n) is 3.41. The highest BCUT2D eigenvalue weighted by molar-refractivity contribution is 8.25. The zero-order chi connectivity index (χ0) is 16.4. The predicted octanol–water partition coefficient (Wildman–Crippen LogP) is 3.65. The second-order valence-corrected chi connectivity index (χ2v) is 5.55.